The number of rotatable bonds is 12. The summed E-state index contributed by atoms with van der Waals surface area (Å²) in [7, 11) is 0. The lowest BCUT2D eigenvalue weighted by atomic mass is 9.95. The fourth-order valence-corrected chi connectivity index (χ4v) is 5.83. The molecule has 1 aliphatic rings. The summed E-state index contributed by atoms with van der Waals surface area (Å²) in [5, 5.41) is 9.63. The Morgan fingerprint density at radius 2 is 2.05 bits per heavy atom. The van der Waals surface area contributed by atoms with Gasteiger partial charge in [0.25, 0.3) is 0 Å². The third kappa shape index (κ3) is 6.79. The highest BCUT2D eigenvalue weighted by Gasteiger charge is 2.36. The molecule has 0 radical (unpaired) electrons. The summed E-state index contributed by atoms with van der Waals surface area (Å²) in [4.78, 5) is 18.0. The minimum absolute atomic E-state index is 0.0814. The van der Waals surface area contributed by atoms with Crippen molar-refractivity contribution in [2.75, 3.05) is 24.3 Å². The maximum atomic E-state index is 13.3. The van der Waals surface area contributed by atoms with Crippen LogP contribution in [-0.4, -0.2) is 39.7 Å². The zero-order valence-electron chi connectivity index (χ0n) is 22.3. The molecule has 4 rings (SSSR count). The first-order valence-electron chi connectivity index (χ1n) is 12.6. The fraction of sp³-hybridized carbons (Fsp3) is 0.321. The number of benzene rings is 2. The Morgan fingerprint density at radius 3 is 2.75 bits per heavy atom. The van der Waals surface area contributed by atoms with E-state index in [4.69, 9.17) is 42.5 Å². The highest BCUT2D eigenvalue weighted by molar-refractivity contribution is 9.10. The molecule has 0 bridgehead atoms. The Hall–Kier alpha value is -2.66. The number of anilines is 1. The average Bonchev–Trinajstić information content (AvgIpc) is 3.32. The van der Waals surface area contributed by atoms with Crippen LogP contribution in [0, 0.1) is 0 Å². The van der Waals surface area contributed by atoms with Crippen LogP contribution in [0.5, 0.6) is 11.5 Å². The van der Waals surface area contributed by atoms with E-state index < -0.39 is 12.0 Å². The molecule has 212 valence electrons. The van der Waals surface area contributed by atoms with Gasteiger partial charge in [-0.15, -0.1) is 5.10 Å². The van der Waals surface area contributed by atoms with Crippen LogP contribution < -0.4 is 14.8 Å². The lowest BCUT2D eigenvalue weighted by molar-refractivity contribution is -0.138. The van der Waals surface area contributed by atoms with Crippen molar-refractivity contribution in [2.45, 2.75) is 45.0 Å². The standard InChI is InChI=1S/C28H29BrCl2N4O4S/c1-5-10-38-26(36)23-16(4)32-27-33-28(40-11-6-2)34-35(27)24(23)18-12-20(29)25(22(13-18)37-7-3)39-15-17-8-9-19(30)14-21(17)31/h5,8-9,12-14,24H,1,6-7,10-11,15H2,2-4H3,(H,32,33,34). The maximum Gasteiger partial charge on any atom is 0.338 e. The van der Waals surface area contributed by atoms with Crippen LogP contribution in [-0.2, 0) is 16.1 Å². The molecular weight excluding hydrogens is 639 g/mol. The van der Waals surface area contributed by atoms with E-state index in [1.807, 2.05) is 32.0 Å². The average molecular weight is 668 g/mol. The molecule has 0 saturated carbocycles. The van der Waals surface area contributed by atoms with Gasteiger partial charge in [-0.3, -0.25) is 0 Å². The SMILES string of the molecule is C=CCOC(=O)C1=C(C)Nc2nc(SCCC)nn2C1c1cc(Br)c(OCc2ccc(Cl)cc2Cl)c(OCC)c1. The van der Waals surface area contributed by atoms with E-state index in [1.54, 1.807) is 28.6 Å². The fourth-order valence-electron chi connectivity index (χ4n) is 4.11. The smallest absolute Gasteiger partial charge is 0.338 e. The van der Waals surface area contributed by atoms with Gasteiger partial charge in [-0.2, -0.15) is 4.98 Å². The Labute approximate surface area is 256 Å². The number of hydrogen-bond acceptors (Lipinski definition) is 8. The van der Waals surface area contributed by atoms with Crippen LogP contribution in [0.4, 0.5) is 5.95 Å². The number of aromatic nitrogens is 3. The Morgan fingerprint density at radius 1 is 1.25 bits per heavy atom. The summed E-state index contributed by atoms with van der Waals surface area (Å²) >= 11 is 17.6. The molecule has 1 aromatic heterocycles. The van der Waals surface area contributed by atoms with Gasteiger partial charge < -0.3 is 19.5 Å². The van der Waals surface area contributed by atoms with E-state index in [1.165, 1.54) is 6.08 Å². The minimum Gasteiger partial charge on any atom is -0.490 e. The summed E-state index contributed by atoms with van der Waals surface area (Å²) in [6.45, 7) is 10.1. The summed E-state index contributed by atoms with van der Waals surface area (Å²) in [5.41, 5.74) is 2.54. The zero-order chi connectivity index (χ0) is 28.8. The van der Waals surface area contributed by atoms with Gasteiger partial charge in [0.1, 0.15) is 19.3 Å². The molecule has 1 atom stereocenters. The number of ether oxygens (including phenoxy) is 3. The van der Waals surface area contributed by atoms with Crippen LogP contribution in [0.15, 0.2) is 63.9 Å². The normalized spacial score (nSPS) is 14.4. The third-order valence-corrected chi connectivity index (χ3v) is 8.07. The first-order valence-corrected chi connectivity index (χ1v) is 15.2. The molecule has 1 unspecified atom stereocenters. The van der Waals surface area contributed by atoms with E-state index >= 15 is 0 Å². The molecule has 1 N–H and O–H groups in total. The molecule has 0 fully saturated rings. The second-order valence-corrected chi connectivity index (χ2v) is 11.5. The molecule has 2 aromatic carbocycles. The maximum absolute atomic E-state index is 13.3. The van der Waals surface area contributed by atoms with Crippen molar-refractivity contribution in [3.05, 3.63) is 79.9 Å². The van der Waals surface area contributed by atoms with Crippen LogP contribution in [0.1, 0.15) is 44.4 Å². The first-order chi connectivity index (χ1) is 19.3. The number of thioether (sulfide) groups is 1. The summed E-state index contributed by atoms with van der Waals surface area (Å²) < 4.78 is 20.0. The van der Waals surface area contributed by atoms with E-state index in [9.17, 15) is 4.79 Å². The number of carbonyl (C=O) groups excluding carboxylic acids is 1. The Balaban J connectivity index is 1.77. The van der Waals surface area contributed by atoms with Crippen molar-refractivity contribution in [3.8, 4) is 11.5 Å². The molecule has 3 aromatic rings. The predicted octanol–water partition coefficient (Wildman–Crippen LogP) is 7.85. The quantitative estimate of drug-likeness (QED) is 0.119. The van der Waals surface area contributed by atoms with E-state index in [-0.39, 0.29) is 13.2 Å². The molecule has 8 nitrogen and oxygen atoms in total. The van der Waals surface area contributed by atoms with Crippen LogP contribution >= 0.6 is 50.9 Å². The Bertz CT molecular complexity index is 1450. The molecule has 0 aliphatic carbocycles. The van der Waals surface area contributed by atoms with Crippen molar-refractivity contribution in [2.24, 2.45) is 0 Å². The monoisotopic (exact) mass is 666 g/mol. The van der Waals surface area contributed by atoms with Gasteiger partial charge >= 0.3 is 5.97 Å². The van der Waals surface area contributed by atoms with Gasteiger partial charge in [0.15, 0.2) is 11.5 Å². The number of halogens is 3. The Kier molecular flexibility index (Phi) is 10.5. The van der Waals surface area contributed by atoms with Crippen molar-refractivity contribution >= 4 is 62.8 Å². The van der Waals surface area contributed by atoms with E-state index in [0.29, 0.717) is 55.0 Å². The number of allylic oxidation sites excluding steroid dienone is 1. The number of fused-ring (bicyclic) bond motifs is 1. The highest BCUT2D eigenvalue weighted by atomic mass is 79.9. The van der Waals surface area contributed by atoms with Crippen molar-refractivity contribution in [3.63, 3.8) is 0 Å². The molecule has 0 amide bonds. The zero-order valence-corrected chi connectivity index (χ0v) is 26.2. The lowest BCUT2D eigenvalue weighted by Gasteiger charge is -2.29. The third-order valence-electron chi connectivity index (χ3n) is 5.86. The lowest BCUT2D eigenvalue weighted by Crippen LogP contribution is -2.29. The first kappa shape index (κ1) is 30.3. The van der Waals surface area contributed by atoms with Gasteiger partial charge in [0.2, 0.25) is 11.1 Å². The van der Waals surface area contributed by atoms with Gasteiger partial charge in [-0.1, -0.05) is 60.6 Å². The minimum atomic E-state index is -0.632. The molecule has 40 heavy (non-hydrogen) atoms. The topological polar surface area (TPSA) is 87.5 Å². The predicted molar refractivity (Wildman–Crippen MR) is 163 cm³/mol. The summed E-state index contributed by atoms with van der Waals surface area (Å²) in [6, 6.07) is 8.35. The molecule has 2 heterocycles. The molecule has 0 saturated heterocycles. The number of nitrogens with zero attached hydrogens (tertiary/aromatic N) is 3. The van der Waals surface area contributed by atoms with Gasteiger partial charge in [0, 0.05) is 27.1 Å². The van der Waals surface area contributed by atoms with Crippen LogP contribution in [0.3, 0.4) is 0 Å². The molecule has 12 heteroatoms. The molecular formula is C28H29BrCl2N4O4S. The molecule has 0 spiro atoms. The summed E-state index contributed by atoms with van der Waals surface area (Å²) in [6.07, 6.45) is 2.51. The van der Waals surface area contributed by atoms with Gasteiger partial charge in [0.05, 0.1) is 16.7 Å². The number of hydrogen-bond donors (Lipinski definition) is 1. The highest BCUT2D eigenvalue weighted by Crippen LogP contribution is 2.44. The number of nitrogens with one attached hydrogen (secondary N) is 1. The largest absolute Gasteiger partial charge is 0.490 e. The van der Waals surface area contributed by atoms with Crippen molar-refractivity contribution in [1.29, 1.82) is 0 Å². The second kappa shape index (κ2) is 13.8. The van der Waals surface area contributed by atoms with Crippen LogP contribution in [0.2, 0.25) is 10.0 Å². The van der Waals surface area contributed by atoms with Gasteiger partial charge in [-0.25, -0.2) is 9.48 Å². The number of carbonyl (C=O) groups is 1. The van der Waals surface area contributed by atoms with Crippen molar-refractivity contribution in [1.82, 2.24) is 14.8 Å². The van der Waals surface area contributed by atoms with Crippen LogP contribution in [0.25, 0.3) is 0 Å². The second-order valence-electron chi connectivity index (χ2n) is 8.75. The van der Waals surface area contributed by atoms with Crippen molar-refractivity contribution < 1.29 is 19.0 Å². The van der Waals surface area contributed by atoms with E-state index in [2.05, 4.69) is 39.7 Å². The van der Waals surface area contributed by atoms with E-state index in [0.717, 1.165) is 23.3 Å². The van der Waals surface area contributed by atoms with Gasteiger partial charge in [-0.05, 0) is 66.0 Å². The summed E-state index contributed by atoms with van der Waals surface area (Å²) in [5.74, 6) is 1.92. The molecule has 1 aliphatic heterocycles. The number of esters is 1.